The van der Waals surface area contributed by atoms with E-state index in [0.717, 1.165) is 11.4 Å². The summed E-state index contributed by atoms with van der Waals surface area (Å²) in [5.41, 5.74) is 14.5. The second-order valence-electron chi connectivity index (χ2n) is 15.3. The van der Waals surface area contributed by atoms with Crippen LogP contribution in [0.25, 0.3) is 22.3 Å². The average Bonchev–Trinajstić information content (AvgIpc) is 2.94. The fraction of sp³-hybridized carbons (Fsp3) is 0.400. The Kier molecular flexibility index (Phi) is 6.53. The molecule has 0 fully saturated rings. The summed E-state index contributed by atoms with van der Waals surface area (Å²) in [5, 5.41) is 3.64. The summed E-state index contributed by atoms with van der Waals surface area (Å²) in [5.74, 6) is 0. The van der Waals surface area contributed by atoms with Crippen molar-refractivity contribution in [2.75, 3.05) is 5.32 Å². The first-order chi connectivity index (χ1) is 19.3. The largest absolute Gasteiger partial charge is 0.356 e. The van der Waals surface area contributed by atoms with Crippen LogP contribution in [0.1, 0.15) is 103 Å². The Morgan fingerprint density at radius 1 is 0.415 bits per heavy atom. The van der Waals surface area contributed by atoms with E-state index in [9.17, 15) is 0 Å². The Hall–Kier alpha value is -3.32. The third kappa shape index (κ3) is 4.92. The van der Waals surface area contributed by atoms with Gasteiger partial charge in [0.15, 0.2) is 0 Å². The van der Waals surface area contributed by atoms with E-state index >= 15 is 0 Å². The second-order valence-corrected chi connectivity index (χ2v) is 15.3. The predicted molar refractivity (Wildman–Crippen MR) is 178 cm³/mol. The predicted octanol–water partition coefficient (Wildman–Crippen LogP) is 11.5. The summed E-state index contributed by atoms with van der Waals surface area (Å²) in [6.07, 6.45) is 4.92. The van der Waals surface area contributed by atoms with Crippen LogP contribution in [0.15, 0.2) is 84.9 Å². The van der Waals surface area contributed by atoms with Crippen molar-refractivity contribution in [2.24, 2.45) is 0 Å². The van der Waals surface area contributed by atoms with Crippen molar-refractivity contribution < 1.29 is 0 Å². The quantitative estimate of drug-likeness (QED) is 0.271. The van der Waals surface area contributed by atoms with Crippen molar-refractivity contribution in [1.82, 2.24) is 0 Å². The Bertz CT molecular complexity index is 1460. The van der Waals surface area contributed by atoms with Gasteiger partial charge in [0.05, 0.1) is 0 Å². The van der Waals surface area contributed by atoms with Crippen LogP contribution in [0, 0.1) is 0 Å². The standard InChI is InChI=1S/C40H47N/c1-37(2)23-25-39(5,6)35-31(11-9-13-33(35)37)27-15-19-29(20-16-27)41-30-21-17-28(18-22-30)32-12-10-14-34-36(32)40(7,8)26-24-38(34,3)4/h9-22,41H,23-26H2,1-8H3. The van der Waals surface area contributed by atoms with Crippen molar-refractivity contribution in [2.45, 2.75) is 103 Å². The third-order valence-electron chi connectivity index (χ3n) is 10.4. The van der Waals surface area contributed by atoms with Crippen molar-refractivity contribution in [1.29, 1.82) is 0 Å². The molecule has 0 saturated heterocycles. The Morgan fingerprint density at radius 3 is 1.12 bits per heavy atom. The van der Waals surface area contributed by atoms with E-state index in [1.165, 1.54) is 70.2 Å². The van der Waals surface area contributed by atoms with Gasteiger partial charge in [-0.1, -0.05) is 116 Å². The molecule has 2 aliphatic carbocycles. The molecule has 1 nitrogen and oxygen atoms in total. The molecule has 0 spiro atoms. The van der Waals surface area contributed by atoms with E-state index in [0.29, 0.717) is 0 Å². The Balaban J connectivity index is 1.26. The van der Waals surface area contributed by atoms with Gasteiger partial charge in [-0.05, 0) is 116 Å². The van der Waals surface area contributed by atoms with Gasteiger partial charge in [0.25, 0.3) is 0 Å². The van der Waals surface area contributed by atoms with Crippen LogP contribution < -0.4 is 5.32 Å². The molecule has 1 N–H and O–H groups in total. The molecule has 4 aromatic rings. The second kappa shape index (κ2) is 9.62. The van der Waals surface area contributed by atoms with E-state index in [1.54, 1.807) is 0 Å². The fourth-order valence-electron chi connectivity index (χ4n) is 7.57. The number of nitrogens with one attached hydrogen (secondary N) is 1. The smallest absolute Gasteiger partial charge is 0.0384 e. The minimum atomic E-state index is 0.184. The maximum Gasteiger partial charge on any atom is 0.0384 e. The maximum absolute atomic E-state index is 3.64. The number of anilines is 2. The van der Waals surface area contributed by atoms with Crippen LogP contribution in [0.5, 0.6) is 0 Å². The normalized spacial score (nSPS) is 19.6. The molecule has 4 aromatic carbocycles. The molecule has 0 saturated carbocycles. The topological polar surface area (TPSA) is 12.0 Å². The lowest BCUT2D eigenvalue weighted by atomic mass is 9.61. The van der Waals surface area contributed by atoms with Crippen molar-refractivity contribution in [3.05, 3.63) is 107 Å². The molecule has 1 heteroatoms. The minimum Gasteiger partial charge on any atom is -0.356 e. The van der Waals surface area contributed by atoms with E-state index in [-0.39, 0.29) is 21.7 Å². The van der Waals surface area contributed by atoms with E-state index in [2.05, 4.69) is 146 Å². The van der Waals surface area contributed by atoms with Gasteiger partial charge >= 0.3 is 0 Å². The Morgan fingerprint density at radius 2 is 0.756 bits per heavy atom. The summed E-state index contributed by atoms with van der Waals surface area (Å²) < 4.78 is 0. The summed E-state index contributed by atoms with van der Waals surface area (Å²) in [6, 6.07) is 31.9. The molecule has 212 valence electrons. The first kappa shape index (κ1) is 27.8. The minimum absolute atomic E-state index is 0.184. The van der Waals surface area contributed by atoms with Crippen LogP contribution in [0.3, 0.4) is 0 Å². The van der Waals surface area contributed by atoms with Gasteiger partial charge in [-0.2, -0.15) is 0 Å². The number of hydrogen-bond acceptors (Lipinski definition) is 1. The van der Waals surface area contributed by atoms with Gasteiger partial charge in [-0.3, -0.25) is 0 Å². The highest BCUT2D eigenvalue weighted by atomic mass is 14.9. The molecule has 0 aliphatic heterocycles. The van der Waals surface area contributed by atoms with Gasteiger partial charge in [-0.25, -0.2) is 0 Å². The van der Waals surface area contributed by atoms with Crippen molar-refractivity contribution >= 4 is 11.4 Å². The molecular weight excluding hydrogens is 494 g/mol. The SMILES string of the molecule is CC1(C)CCC(C)(C)c2c(-c3ccc(Nc4ccc(-c5cccc6c5C(C)(C)CCC6(C)C)cc4)cc3)cccc21. The summed E-state index contributed by atoms with van der Waals surface area (Å²) in [4.78, 5) is 0. The molecule has 0 aromatic heterocycles. The molecule has 0 heterocycles. The Labute approximate surface area is 248 Å². The zero-order chi connectivity index (χ0) is 29.2. The third-order valence-corrected chi connectivity index (χ3v) is 10.4. The molecule has 0 atom stereocenters. The molecule has 2 aliphatic rings. The van der Waals surface area contributed by atoms with Crippen LogP contribution in [-0.2, 0) is 21.7 Å². The molecular formula is C40H47N. The highest BCUT2D eigenvalue weighted by molar-refractivity contribution is 5.76. The van der Waals surface area contributed by atoms with Gasteiger partial charge in [0.1, 0.15) is 0 Å². The zero-order valence-corrected chi connectivity index (χ0v) is 26.4. The number of hydrogen-bond donors (Lipinski definition) is 1. The lowest BCUT2D eigenvalue weighted by Crippen LogP contribution is -2.34. The number of rotatable bonds is 4. The first-order valence-corrected chi connectivity index (χ1v) is 15.5. The fourth-order valence-corrected chi connectivity index (χ4v) is 7.57. The van der Waals surface area contributed by atoms with Crippen LogP contribution >= 0.6 is 0 Å². The van der Waals surface area contributed by atoms with E-state index in [4.69, 9.17) is 0 Å². The first-order valence-electron chi connectivity index (χ1n) is 15.5. The molecule has 6 rings (SSSR count). The molecule has 0 radical (unpaired) electrons. The zero-order valence-electron chi connectivity index (χ0n) is 26.4. The summed E-state index contributed by atoms with van der Waals surface area (Å²) >= 11 is 0. The summed E-state index contributed by atoms with van der Waals surface area (Å²) in [7, 11) is 0. The van der Waals surface area contributed by atoms with Crippen molar-refractivity contribution in [3.8, 4) is 22.3 Å². The van der Waals surface area contributed by atoms with E-state index < -0.39 is 0 Å². The van der Waals surface area contributed by atoms with Crippen molar-refractivity contribution in [3.63, 3.8) is 0 Å². The lowest BCUT2D eigenvalue weighted by Gasteiger charge is -2.43. The maximum atomic E-state index is 3.64. The molecule has 41 heavy (non-hydrogen) atoms. The van der Waals surface area contributed by atoms with Crippen LogP contribution in [-0.4, -0.2) is 0 Å². The van der Waals surface area contributed by atoms with E-state index in [1.807, 2.05) is 0 Å². The number of benzene rings is 4. The van der Waals surface area contributed by atoms with Crippen LogP contribution in [0.4, 0.5) is 11.4 Å². The van der Waals surface area contributed by atoms with Gasteiger partial charge in [-0.15, -0.1) is 0 Å². The molecule has 0 amide bonds. The number of fused-ring (bicyclic) bond motifs is 2. The van der Waals surface area contributed by atoms with Gasteiger partial charge in [0, 0.05) is 11.4 Å². The average molecular weight is 542 g/mol. The highest BCUT2D eigenvalue weighted by Crippen LogP contribution is 2.50. The summed E-state index contributed by atoms with van der Waals surface area (Å²) in [6.45, 7) is 19.3. The monoisotopic (exact) mass is 541 g/mol. The highest BCUT2D eigenvalue weighted by Gasteiger charge is 2.39. The molecule has 0 bridgehead atoms. The van der Waals surface area contributed by atoms with Gasteiger partial charge in [0.2, 0.25) is 0 Å². The lowest BCUT2D eigenvalue weighted by molar-refractivity contribution is 0.333. The van der Waals surface area contributed by atoms with Gasteiger partial charge < -0.3 is 5.32 Å². The molecule has 0 unspecified atom stereocenters. The van der Waals surface area contributed by atoms with Crippen LogP contribution in [0.2, 0.25) is 0 Å².